The van der Waals surface area contributed by atoms with Crippen LogP contribution in [0.3, 0.4) is 0 Å². The summed E-state index contributed by atoms with van der Waals surface area (Å²) in [5, 5.41) is 11.5. The smallest absolute Gasteiger partial charge is 0.326 e. The first-order valence-corrected chi connectivity index (χ1v) is 6.75. The van der Waals surface area contributed by atoms with Crippen LogP contribution in [0.15, 0.2) is 0 Å². The van der Waals surface area contributed by atoms with Crippen molar-refractivity contribution in [2.45, 2.75) is 26.8 Å². The van der Waals surface area contributed by atoms with Crippen LogP contribution in [0.5, 0.6) is 0 Å². The van der Waals surface area contributed by atoms with Crippen LogP contribution >= 0.6 is 11.8 Å². The zero-order chi connectivity index (χ0) is 13.9. The third-order valence-corrected chi connectivity index (χ3v) is 3.52. The van der Waals surface area contributed by atoms with Crippen molar-refractivity contribution in [1.29, 1.82) is 0 Å². The molecular formula is C11H18N2O4S. The molecule has 1 aliphatic heterocycles. The van der Waals surface area contributed by atoms with E-state index in [0.29, 0.717) is 11.6 Å². The number of nitrogens with one attached hydrogen (secondary N) is 1. The van der Waals surface area contributed by atoms with Gasteiger partial charge in [-0.2, -0.15) is 0 Å². The summed E-state index contributed by atoms with van der Waals surface area (Å²) in [6.07, 6.45) is 0. The van der Waals surface area contributed by atoms with Gasteiger partial charge in [-0.25, -0.2) is 4.79 Å². The first-order valence-electron chi connectivity index (χ1n) is 5.59. The number of aliphatic carboxylic acids is 1. The molecule has 1 aliphatic rings. The summed E-state index contributed by atoms with van der Waals surface area (Å²) in [6, 6.07) is -0.963. The lowest BCUT2D eigenvalue weighted by molar-refractivity contribution is -0.145. The van der Waals surface area contributed by atoms with E-state index in [2.05, 4.69) is 5.32 Å². The number of hydrogen-bond acceptors (Lipinski definition) is 4. The SMILES string of the molecule is CC(C)(C)[C@@H](NC(=O)CN1CSCC1=O)C(=O)O. The number of thioether (sulfide) groups is 1. The van der Waals surface area contributed by atoms with Crippen LogP contribution in [-0.4, -0.2) is 52.0 Å². The van der Waals surface area contributed by atoms with Gasteiger partial charge in [-0.1, -0.05) is 20.8 Å². The molecule has 1 fully saturated rings. The van der Waals surface area contributed by atoms with Gasteiger partial charge in [0, 0.05) is 0 Å². The van der Waals surface area contributed by atoms with Crippen LogP contribution in [0.2, 0.25) is 0 Å². The number of amides is 2. The van der Waals surface area contributed by atoms with E-state index in [9.17, 15) is 14.4 Å². The normalized spacial score (nSPS) is 17.7. The Hall–Kier alpha value is -1.24. The van der Waals surface area contributed by atoms with Crippen molar-refractivity contribution in [3.05, 3.63) is 0 Å². The summed E-state index contributed by atoms with van der Waals surface area (Å²) < 4.78 is 0. The van der Waals surface area contributed by atoms with Gasteiger partial charge >= 0.3 is 5.97 Å². The van der Waals surface area contributed by atoms with Crippen LogP contribution in [0.25, 0.3) is 0 Å². The molecule has 0 aliphatic carbocycles. The van der Waals surface area contributed by atoms with Crippen LogP contribution < -0.4 is 5.32 Å². The molecule has 0 bridgehead atoms. The van der Waals surface area contributed by atoms with Crippen LogP contribution in [0.1, 0.15) is 20.8 Å². The van der Waals surface area contributed by atoms with E-state index in [4.69, 9.17) is 5.11 Å². The van der Waals surface area contributed by atoms with Crippen molar-refractivity contribution in [2.75, 3.05) is 18.2 Å². The Morgan fingerprint density at radius 2 is 2.11 bits per heavy atom. The maximum absolute atomic E-state index is 11.7. The van der Waals surface area contributed by atoms with E-state index in [1.807, 2.05) is 0 Å². The van der Waals surface area contributed by atoms with Gasteiger partial charge in [0.05, 0.1) is 11.6 Å². The molecule has 2 N–H and O–H groups in total. The van der Waals surface area contributed by atoms with Gasteiger partial charge in [-0.3, -0.25) is 9.59 Å². The van der Waals surface area contributed by atoms with Crippen molar-refractivity contribution in [3.63, 3.8) is 0 Å². The van der Waals surface area contributed by atoms with E-state index >= 15 is 0 Å². The Balaban J connectivity index is 2.57. The number of carboxylic acids is 1. The average Bonchev–Trinajstić information content (AvgIpc) is 2.59. The first-order chi connectivity index (χ1) is 8.21. The molecule has 0 aromatic carbocycles. The summed E-state index contributed by atoms with van der Waals surface area (Å²) >= 11 is 1.44. The molecular weight excluding hydrogens is 256 g/mol. The highest BCUT2D eigenvalue weighted by Crippen LogP contribution is 2.20. The minimum absolute atomic E-state index is 0.0777. The summed E-state index contributed by atoms with van der Waals surface area (Å²) in [5.41, 5.74) is -0.578. The molecule has 0 aromatic rings. The first kappa shape index (κ1) is 14.8. The van der Waals surface area contributed by atoms with Gasteiger partial charge in [0.1, 0.15) is 12.6 Å². The molecule has 18 heavy (non-hydrogen) atoms. The molecule has 6 nitrogen and oxygen atoms in total. The van der Waals surface area contributed by atoms with E-state index in [1.54, 1.807) is 20.8 Å². The standard InChI is InChI=1S/C11H18N2O4S/c1-11(2,3)9(10(16)17)12-7(14)4-13-6-18-5-8(13)15/h9H,4-6H2,1-3H3,(H,12,14)(H,16,17)/t9-/m0/s1. The van der Waals surface area contributed by atoms with Crippen LogP contribution in [-0.2, 0) is 14.4 Å². The third kappa shape index (κ3) is 3.90. The largest absolute Gasteiger partial charge is 0.480 e. The maximum Gasteiger partial charge on any atom is 0.326 e. The van der Waals surface area contributed by atoms with Crippen LogP contribution in [0, 0.1) is 5.41 Å². The number of carboxylic acid groups (broad SMARTS) is 1. The number of carbonyl (C=O) groups excluding carboxylic acids is 2. The lowest BCUT2D eigenvalue weighted by atomic mass is 9.87. The molecule has 1 rings (SSSR count). The Kier molecular flexibility index (Phi) is 4.61. The monoisotopic (exact) mass is 274 g/mol. The van der Waals surface area contributed by atoms with Crippen molar-refractivity contribution >= 4 is 29.5 Å². The molecule has 7 heteroatoms. The fourth-order valence-electron chi connectivity index (χ4n) is 1.57. The minimum Gasteiger partial charge on any atom is -0.480 e. The minimum atomic E-state index is -1.07. The zero-order valence-electron chi connectivity index (χ0n) is 10.7. The average molecular weight is 274 g/mol. The van der Waals surface area contributed by atoms with Gasteiger partial charge in [0.25, 0.3) is 0 Å². The second-order valence-corrected chi connectivity index (χ2v) is 6.23. The van der Waals surface area contributed by atoms with Gasteiger partial charge in [-0.15, -0.1) is 11.8 Å². The predicted molar refractivity (Wildman–Crippen MR) is 68.1 cm³/mol. The van der Waals surface area contributed by atoms with E-state index in [1.165, 1.54) is 16.7 Å². The van der Waals surface area contributed by atoms with Crippen molar-refractivity contribution in [1.82, 2.24) is 10.2 Å². The highest BCUT2D eigenvalue weighted by atomic mass is 32.2. The lowest BCUT2D eigenvalue weighted by Crippen LogP contribution is -2.51. The fourth-order valence-corrected chi connectivity index (χ4v) is 2.47. The van der Waals surface area contributed by atoms with Gasteiger partial charge in [0.2, 0.25) is 11.8 Å². The highest BCUT2D eigenvalue weighted by Gasteiger charge is 2.33. The molecule has 0 aromatic heterocycles. The molecule has 0 saturated carbocycles. The molecule has 1 heterocycles. The molecule has 102 valence electrons. The highest BCUT2D eigenvalue weighted by molar-refractivity contribution is 8.00. The Morgan fingerprint density at radius 3 is 2.50 bits per heavy atom. The topological polar surface area (TPSA) is 86.7 Å². The Labute approximate surface area is 110 Å². The van der Waals surface area contributed by atoms with Crippen LogP contribution in [0.4, 0.5) is 0 Å². The number of rotatable bonds is 4. The fraction of sp³-hybridized carbons (Fsp3) is 0.727. The zero-order valence-corrected chi connectivity index (χ0v) is 11.5. The quantitative estimate of drug-likeness (QED) is 0.761. The van der Waals surface area contributed by atoms with Crippen molar-refractivity contribution in [3.8, 4) is 0 Å². The summed E-state index contributed by atoms with van der Waals surface area (Å²) in [5.74, 6) is -0.724. The van der Waals surface area contributed by atoms with Crippen molar-refractivity contribution in [2.24, 2.45) is 5.41 Å². The number of nitrogens with zero attached hydrogens (tertiary/aromatic N) is 1. The Morgan fingerprint density at radius 1 is 1.50 bits per heavy atom. The van der Waals surface area contributed by atoms with E-state index in [0.717, 1.165) is 0 Å². The molecule has 1 atom stereocenters. The van der Waals surface area contributed by atoms with E-state index < -0.39 is 23.3 Å². The molecule has 0 unspecified atom stereocenters. The summed E-state index contributed by atoms with van der Waals surface area (Å²) in [4.78, 5) is 35.6. The third-order valence-electron chi connectivity index (χ3n) is 2.58. The van der Waals surface area contributed by atoms with Gasteiger partial charge in [0.15, 0.2) is 0 Å². The van der Waals surface area contributed by atoms with Crippen molar-refractivity contribution < 1.29 is 19.5 Å². The van der Waals surface area contributed by atoms with Gasteiger partial charge < -0.3 is 15.3 Å². The second kappa shape index (κ2) is 5.60. The van der Waals surface area contributed by atoms with Gasteiger partial charge in [-0.05, 0) is 5.41 Å². The number of carbonyl (C=O) groups is 3. The summed E-state index contributed by atoms with van der Waals surface area (Å²) in [6.45, 7) is 5.14. The Bertz CT molecular complexity index is 365. The van der Waals surface area contributed by atoms with E-state index in [-0.39, 0.29) is 12.5 Å². The molecule has 1 saturated heterocycles. The molecule has 0 spiro atoms. The second-order valence-electron chi connectivity index (χ2n) is 5.27. The predicted octanol–water partition coefficient (Wildman–Crippen LogP) is 0.135. The number of hydrogen-bond donors (Lipinski definition) is 2. The molecule has 0 radical (unpaired) electrons. The maximum atomic E-state index is 11.7. The molecule has 2 amide bonds. The lowest BCUT2D eigenvalue weighted by Gasteiger charge is -2.28. The summed E-state index contributed by atoms with van der Waals surface area (Å²) in [7, 11) is 0.